The van der Waals surface area contributed by atoms with Crippen molar-refractivity contribution in [3.8, 4) is 0 Å². The zero-order chi connectivity index (χ0) is 10.6. The molecule has 0 spiro atoms. The summed E-state index contributed by atoms with van der Waals surface area (Å²) in [5.74, 6) is 0.485. The molecule has 0 aromatic carbocycles. The van der Waals surface area contributed by atoms with Crippen LogP contribution in [0.25, 0.3) is 0 Å². The normalized spacial score (nSPS) is 12.5. The Morgan fingerprint density at radius 2 is 2.50 bits per heavy atom. The lowest BCUT2D eigenvalue weighted by atomic mass is 10.1. The van der Waals surface area contributed by atoms with E-state index in [0.717, 1.165) is 6.42 Å². The standard InChI is InChI=1S/C9H16N4O/c1-3-7(10)6-9(14)11-8-4-5-13(2)12-8/h4-5,7H,3,6,10H2,1-2H3,(H,11,12,14). The SMILES string of the molecule is CCC(N)CC(=O)Nc1ccn(C)n1. The van der Waals surface area contributed by atoms with E-state index in [1.165, 1.54) is 0 Å². The van der Waals surface area contributed by atoms with Gasteiger partial charge in [0.1, 0.15) is 0 Å². The van der Waals surface area contributed by atoms with Crippen LogP contribution < -0.4 is 11.1 Å². The fraction of sp³-hybridized carbons (Fsp3) is 0.556. The Hall–Kier alpha value is -1.36. The van der Waals surface area contributed by atoms with E-state index < -0.39 is 0 Å². The van der Waals surface area contributed by atoms with Gasteiger partial charge in [-0.1, -0.05) is 6.92 Å². The molecule has 0 bridgehead atoms. The number of rotatable bonds is 4. The first-order chi connectivity index (χ1) is 6.61. The Morgan fingerprint density at radius 1 is 1.79 bits per heavy atom. The third-order valence-corrected chi connectivity index (χ3v) is 1.95. The molecular weight excluding hydrogens is 180 g/mol. The van der Waals surface area contributed by atoms with Crippen LogP contribution in [-0.2, 0) is 11.8 Å². The molecule has 14 heavy (non-hydrogen) atoms. The van der Waals surface area contributed by atoms with Crippen molar-refractivity contribution in [2.24, 2.45) is 12.8 Å². The molecule has 0 saturated heterocycles. The minimum Gasteiger partial charge on any atom is -0.327 e. The van der Waals surface area contributed by atoms with Gasteiger partial charge in [0.05, 0.1) is 0 Å². The first-order valence-electron chi connectivity index (χ1n) is 4.67. The van der Waals surface area contributed by atoms with Crippen molar-refractivity contribution in [2.75, 3.05) is 5.32 Å². The second kappa shape index (κ2) is 4.76. The summed E-state index contributed by atoms with van der Waals surface area (Å²) in [4.78, 5) is 11.4. The molecule has 0 fully saturated rings. The predicted octanol–water partition coefficient (Wildman–Crippen LogP) is 0.486. The van der Waals surface area contributed by atoms with Crippen LogP contribution in [0, 0.1) is 0 Å². The predicted molar refractivity (Wildman–Crippen MR) is 54.7 cm³/mol. The third-order valence-electron chi connectivity index (χ3n) is 1.95. The summed E-state index contributed by atoms with van der Waals surface area (Å²) >= 11 is 0. The average molecular weight is 196 g/mol. The van der Waals surface area contributed by atoms with E-state index in [0.29, 0.717) is 12.2 Å². The number of nitrogens with one attached hydrogen (secondary N) is 1. The number of carbonyl (C=O) groups is 1. The smallest absolute Gasteiger partial charge is 0.227 e. The number of nitrogens with two attached hydrogens (primary N) is 1. The largest absolute Gasteiger partial charge is 0.327 e. The van der Waals surface area contributed by atoms with Crippen molar-refractivity contribution in [2.45, 2.75) is 25.8 Å². The number of hydrogen-bond donors (Lipinski definition) is 2. The van der Waals surface area contributed by atoms with Crippen LogP contribution in [0.5, 0.6) is 0 Å². The van der Waals surface area contributed by atoms with Crippen LogP contribution in [0.4, 0.5) is 5.82 Å². The van der Waals surface area contributed by atoms with Gasteiger partial charge in [0.25, 0.3) is 0 Å². The number of nitrogens with zero attached hydrogens (tertiary/aromatic N) is 2. The fourth-order valence-electron chi connectivity index (χ4n) is 1.06. The number of anilines is 1. The molecule has 1 aromatic heterocycles. The van der Waals surface area contributed by atoms with Gasteiger partial charge in [0.2, 0.25) is 5.91 Å². The lowest BCUT2D eigenvalue weighted by Crippen LogP contribution is -2.26. The summed E-state index contributed by atoms with van der Waals surface area (Å²) < 4.78 is 1.63. The second-order valence-electron chi connectivity index (χ2n) is 3.30. The van der Waals surface area contributed by atoms with E-state index in [4.69, 9.17) is 5.73 Å². The van der Waals surface area contributed by atoms with Crippen molar-refractivity contribution >= 4 is 11.7 Å². The monoisotopic (exact) mass is 196 g/mol. The molecular formula is C9H16N4O. The van der Waals surface area contributed by atoms with Gasteiger partial charge in [-0.25, -0.2) is 0 Å². The molecule has 1 aromatic rings. The number of amides is 1. The molecule has 78 valence electrons. The highest BCUT2D eigenvalue weighted by Crippen LogP contribution is 2.03. The molecule has 0 aliphatic carbocycles. The van der Waals surface area contributed by atoms with Crippen molar-refractivity contribution in [1.82, 2.24) is 9.78 Å². The summed E-state index contributed by atoms with van der Waals surface area (Å²) in [7, 11) is 1.80. The minimum absolute atomic E-state index is 0.0706. The molecule has 0 aliphatic heterocycles. The third kappa shape index (κ3) is 3.18. The molecule has 1 amide bonds. The van der Waals surface area contributed by atoms with Gasteiger partial charge in [-0.15, -0.1) is 0 Å². The topological polar surface area (TPSA) is 72.9 Å². The first kappa shape index (κ1) is 10.7. The molecule has 0 radical (unpaired) electrons. The van der Waals surface area contributed by atoms with Gasteiger partial charge in [0.15, 0.2) is 5.82 Å². The molecule has 1 rings (SSSR count). The Labute approximate surface area is 83.3 Å². The lowest BCUT2D eigenvalue weighted by molar-refractivity contribution is -0.116. The minimum atomic E-state index is -0.0851. The molecule has 5 nitrogen and oxygen atoms in total. The van der Waals surface area contributed by atoms with Gasteiger partial charge < -0.3 is 11.1 Å². The van der Waals surface area contributed by atoms with Gasteiger partial charge in [-0.2, -0.15) is 5.10 Å². The second-order valence-corrected chi connectivity index (χ2v) is 3.30. The quantitative estimate of drug-likeness (QED) is 0.736. The van der Waals surface area contributed by atoms with Gasteiger partial charge in [0, 0.05) is 31.8 Å². The van der Waals surface area contributed by atoms with Crippen LogP contribution in [-0.4, -0.2) is 21.7 Å². The van der Waals surface area contributed by atoms with E-state index in [9.17, 15) is 4.79 Å². The van der Waals surface area contributed by atoms with E-state index in [1.807, 2.05) is 6.92 Å². The maximum Gasteiger partial charge on any atom is 0.227 e. The van der Waals surface area contributed by atoms with Crippen LogP contribution >= 0.6 is 0 Å². The van der Waals surface area contributed by atoms with Crippen LogP contribution in [0.1, 0.15) is 19.8 Å². The zero-order valence-electron chi connectivity index (χ0n) is 8.53. The Morgan fingerprint density at radius 3 is 3.00 bits per heavy atom. The maximum atomic E-state index is 11.4. The number of aryl methyl sites for hydroxylation is 1. The zero-order valence-corrected chi connectivity index (χ0v) is 8.53. The Kier molecular flexibility index (Phi) is 3.64. The summed E-state index contributed by atoms with van der Waals surface area (Å²) in [6.07, 6.45) is 2.91. The highest BCUT2D eigenvalue weighted by molar-refractivity contribution is 5.90. The van der Waals surface area contributed by atoms with Crippen molar-refractivity contribution in [3.63, 3.8) is 0 Å². The average Bonchev–Trinajstić information content (AvgIpc) is 2.50. The Balaban J connectivity index is 2.41. The van der Waals surface area contributed by atoms with Crippen LogP contribution in [0.15, 0.2) is 12.3 Å². The Bertz CT molecular complexity index is 308. The maximum absolute atomic E-state index is 11.4. The van der Waals surface area contributed by atoms with E-state index >= 15 is 0 Å². The van der Waals surface area contributed by atoms with Crippen LogP contribution in [0.3, 0.4) is 0 Å². The van der Waals surface area contributed by atoms with Crippen molar-refractivity contribution in [1.29, 1.82) is 0 Å². The molecule has 0 aliphatic rings. The summed E-state index contributed by atoms with van der Waals surface area (Å²) in [6, 6.07) is 1.67. The molecule has 3 N–H and O–H groups in total. The fourth-order valence-corrected chi connectivity index (χ4v) is 1.06. The summed E-state index contributed by atoms with van der Waals surface area (Å²) in [5, 5.41) is 6.70. The van der Waals surface area contributed by atoms with Gasteiger partial charge in [-0.3, -0.25) is 9.48 Å². The first-order valence-corrected chi connectivity index (χ1v) is 4.67. The molecule has 5 heteroatoms. The van der Waals surface area contributed by atoms with Crippen molar-refractivity contribution < 1.29 is 4.79 Å². The number of carbonyl (C=O) groups excluding carboxylic acids is 1. The van der Waals surface area contributed by atoms with E-state index in [2.05, 4.69) is 10.4 Å². The highest BCUT2D eigenvalue weighted by atomic mass is 16.1. The summed E-state index contributed by atoms with van der Waals surface area (Å²) in [6.45, 7) is 1.96. The van der Waals surface area contributed by atoms with E-state index in [-0.39, 0.29) is 11.9 Å². The van der Waals surface area contributed by atoms with E-state index in [1.54, 1.807) is 24.0 Å². The number of aromatic nitrogens is 2. The van der Waals surface area contributed by atoms with Crippen molar-refractivity contribution in [3.05, 3.63) is 12.3 Å². The molecule has 0 saturated carbocycles. The van der Waals surface area contributed by atoms with Crippen LogP contribution in [0.2, 0.25) is 0 Å². The molecule has 1 atom stereocenters. The van der Waals surface area contributed by atoms with Gasteiger partial charge >= 0.3 is 0 Å². The summed E-state index contributed by atoms with van der Waals surface area (Å²) in [5.41, 5.74) is 5.65. The molecule has 1 unspecified atom stereocenters. The number of hydrogen-bond acceptors (Lipinski definition) is 3. The van der Waals surface area contributed by atoms with Gasteiger partial charge in [-0.05, 0) is 6.42 Å². The molecule has 1 heterocycles. The lowest BCUT2D eigenvalue weighted by Gasteiger charge is -2.07. The highest BCUT2D eigenvalue weighted by Gasteiger charge is 2.08.